The van der Waals surface area contributed by atoms with Crippen LogP contribution in [0.5, 0.6) is 0 Å². The summed E-state index contributed by atoms with van der Waals surface area (Å²) in [5.74, 6) is 6.35. The Kier molecular flexibility index (Phi) is 6.59. The van der Waals surface area contributed by atoms with Gasteiger partial charge in [0.2, 0.25) is 0 Å². The summed E-state index contributed by atoms with van der Waals surface area (Å²) in [6.45, 7) is 0. The van der Waals surface area contributed by atoms with Gasteiger partial charge in [0.1, 0.15) is 0 Å². The van der Waals surface area contributed by atoms with Gasteiger partial charge in [-0.1, -0.05) is 0 Å². The van der Waals surface area contributed by atoms with Gasteiger partial charge in [-0.2, -0.15) is 0 Å². The summed E-state index contributed by atoms with van der Waals surface area (Å²) in [6.07, 6.45) is 0. The molecule has 0 spiro atoms. The summed E-state index contributed by atoms with van der Waals surface area (Å²) in [5.41, 5.74) is 5.36. The van der Waals surface area contributed by atoms with Gasteiger partial charge in [0, 0.05) is 0 Å². The monoisotopic (exact) mass is 520 g/mol. The standard InChI is InChI=1S/C30H20N2O2Se/c33-32(34)28-16-11-23(12-17-28)13-20-29-21-22-30(35-29)24-14-18-27(19-15-24)31(25-7-3-1-4-8-25)26-9-5-2-6-10-26/h1-12,14-19,21-22H. The van der Waals surface area contributed by atoms with E-state index in [0.717, 1.165) is 27.1 Å². The molecule has 0 aliphatic heterocycles. The molecule has 1 aromatic heterocycles. The van der Waals surface area contributed by atoms with E-state index in [-0.39, 0.29) is 20.2 Å². The van der Waals surface area contributed by atoms with E-state index in [2.05, 4.69) is 102 Å². The summed E-state index contributed by atoms with van der Waals surface area (Å²) < 4.78 is 2.37. The van der Waals surface area contributed by atoms with E-state index >= 15 is 0 Å². The molecular formula is C30H20N2O2Se. The maximum atomic E-state index is 10.8. The number of anilines is 3. The zero-order valence-corrected chi connectivity index (χ0v) is 20.4. The summed E-state index contributed by atoms with van der Waals surface area (Å²) in [7, 11) is 0. The Morgan fingerprint density at radius 2 is 1.20 bits per heavy atom. The van der Waals surface area contributed by atoms with E-state index < -0.39 is 4.92 Å². The van der Waals surface area contributed by atoms with E-state index in [1.807, 2.05) is 12.1 Å². The van der Waals surface area contributed by atoms with Gasteiger partial charge in [-0.3, -0.25) is 0 Å². The van der Waals surface area contributed by atoms with Crippen molar-refractivity contribution < 1.29 is 4.92 Å². The molecule has 0 unspecified atom stereocenters. The molecule has 0 atom stereocenters. The quantitative estimate of drug-likeness (QED) is 0.107. The third-order valence-corrected chi connectivity index (χ3v) is 7.66. The van der Waals surface area contributed by atoms with Gasteiger partial charge in [0.15, 0.2) is 0 Å². The zero-order chi connectivity index (χ0) is 24.0. The zero-order valence-electron chi connectivity index (χ0n) is 18.7. The van der Waals surface area contributed by atoms with E-state index in [0.29, 0.717) is 0 Å². The third kappa shape index (κ3) is 5.26. The number of nitro benzene ring substituents is 1. The topological polar surface area (TPSA) is 46.4 Å². The fourth-order valence-electron chi connectivity index (χ4n) is 3.74. The number of hydrogen-bond donors (Lipinski definition) is 0. The molecule has 4 aromatic carbocycles. The first kappa shape index (κ1) is 22.4. The number of hydrogen-bond acceptors (Lipinski definition) is 3. The Labute approximate surface area is 210 Å². The normalized spacial score (nSPS) is 10.3. The van der Waals surface area contributed by atoms with Gasteiger partial charge >= 0.3 is 210 Å². The Balaban J connectivity index is 1.38. The first-order chi connectivity index (χ1) is 17.2. The third-order valence-electron chi connectivity index (χ3n) is 5.45. The fourth-order valence-corrected chi connectivity index (χ4v) is 5.55. The molecule has 5 heteroatoms. The molecular weight excluding hydrogens is 499 g/mol. The summed E-state index contributed by atoms with van der Waals surface area (Å²) in [4.78, 5) is 12.7. The molecule has 5 aromatic rings. The predicted octanol–water partition coefficient (Wildman–Crippen LogP) is 7.19. The molecule has 4 nitrogen and oxygen atoms in total. The van der Waals surface area contributed by atoms with Crippen molar-refractivity contribution >= 4 is 37.3 Å². The average Bonchev–Trinajstić information content (AvgIpc) is 3.39. The maximum absolute atomic E-state index is 10.8. The predicted molar refractivity (Wildman–Crippen MR) is 143 cm³/mol. The Bertz CT molecular complexity index is 1460. The van der Waals surface area contributed by atoms with Gasteiger partial charge in [-0.25, -0.2) is 0 Å². The number of para-hydroxylation sites is 2. The van der Waals surface area contributed by atoms with Crippen LogP contribution in [0.3, 0.4) is 0 Å². The number of nitrogens with zero attached hydrogens (tertiary/aromatic N) is 2. The van der Waals surface area contributed by atoms with E-state index in [1.54, 1.807) is 12.1 Å². The molecule has 1 heterocycles. The molecule has 0 bridgehead atoms. The molecule has 5 rings (SSSR count). The summed E-state index contributed by atoms with van der Waals surface area (Å²) in [5, 5.41) is 10.8. The fraction of sp³-hybridized carbons (Fsp3) is 0. The van der Waals surface area contributed by atoms with Crippen molar-refractivity contribution in [2.45, 2.75) is 0 Å². The first-order valence-electron chi connectivity index (χ1n) is 11.0. The molecule has 0 saturated heterocycles. The second kappa shape index (κ2) is 10.3. The van der Waals surface area contributed by atoms with Crippen molar-refractivity contribution in [1.29, 1.82) is 0 Å². The molecule has 0 fully saturated rings. The van der Waals surface area contributed by atoms with E-state index in [9.17, 15) is 10.1 Å². The minimum atomic E-state index is -0.403. The molecule has 0 radical (unpaired) electrons. The molecule has 0 N–H and O–H groups in total. The Hall–Kier alpha value is -4.36. The van der Waals surface area contributed by atoms with Crippen molar-refractivity contribution in [3.8, 4) is 21.8 Å². The molecule has 0 aliphatic carbocycles. The van der Waals surface area contributed by atoms with Gasteiger partial charge in [-0.15, -0.1) is 0 Å². The van der Waals surface area contributed by atoms with Crippen LogP contribution >= 0.6 is 0 Å². The van der Waals surface area contributed by atoms with Gasteiger partial charge in [0.25, 0.3) is 0 Å². The number of benzene rings is 4. The van der Waals surface area contributed by atoms with Crippen LogP contribution in [-0.4, -0.2) is 19.4 Å². The number of rotatable bonds is 5. The number of nitro groups is 1. The first-order valence-corrected chi connectivity index (χ1v) is 12.8. The summed E-state index contributed by atoms with van der Waals surface area (Å²) >= 11 is 0.119. The van der Waals surface area contributed by atoms with Gasteiger partial charge in [0.05, 0.1) is 0 Å². The van der Waals surface area contributed by atoms with Crippen LogP contribution in [0.2, 0.25) is 0 Å². The molecule has 0 saturated carbocycles. The summed E-state index contributed by atoms with van der Waals surface area (Å²) in [6, 6.07) is 39.9. The van der Waals surface area contributed by atoms with Crippen LogP contribution in [0.15, 0.2) is 121 Å². The van der Waals surface area contributed by atoms with Crippen molar-refractivity contribution in [3.05, 3.63) is 141 Å². The average molecular weight is 519 g/mol. The molecule has 0 amide bonds. The molecule has 0 aliphatic rings. The van der Waals surface area contributed by atoms with Gasteiger partial charge < -0.3 is 0 Å². The van der Waals surface area contributed by atoms with Crippen LogP contribution < -0.4 is 4.90 Å². The van der Waals surface area contributed by atoms with Crippen molar-refractivity contribution in [2.75, 3.05) is 4.90 Å². The van der Waals surface area contributed by atoms with Crippen LogP contribution in [0, 0.1) is 22.0 Å². The minimum absolute atomic E-state index is 0.0744. The second-order valence-electron chi connectivity index (χ2n) is 7.77. The molecule has 35 heavy (non-hydrogen) atoms. The molecule has 168 valence electrons. The Morgan fingerprint density at radius 1 is 0.629 bits per heavy atom. The van der Waals surface area contributed by atoms with Crippen LogP contribution in [0.1, 0.15) is 10.0 Å². The SMILES string of the molecule is O=[N+]([O-])c1ccc(C#Cc2ccc(-c3ccc(N(c4ccccc4)c4ccccc4)cc3)[se]2)cc1. The van der Waals surface area contributed by atoms with Crippen molar-refractivity contribution in [3.63, 3.8) is 0 Å². The van der Waals surface area contributed by atoms with Crippen LogP contribution in [0.25, 0.3) is 10.0 Å². The Morgan fingerprint density at radius 3 is 1.77 bits per heavy atom. The van der Waals surface area contributed by atoms with E-state index in [4.69, 9.17) is 0 Å². The van der Waals surface area contributed by atoms with E-state index in [1.165, 1.54) is 22.1 Å². The van der Waals surface area contributed by atoms with Crippen molar-refractivity contribution in [2.24, 2.45) is 0 Å². The van der Waals surface area contributed by atoms with Crippen LogP contribution in [0.4, 0.5) is 22.7 Å². The van der Waals surface area contributed by atoms with Crippen molar-refractivity contribution in [1.82, 2.24) is 0 Å². The van der Waals surface area contributed by atoms with Crippen LogP contribution in [-0.2, 0) is 0 Å². The van der Waals surface area contributed by atoms with Gasteiger partial charge in [-0.05, 0) is 0 Å². The number of non-ortho nitro benzene ring substituents is 1. The second-order valence-corrected chi connectivity index (χ2v) is 10.0.